The number of thiazole rings is 6. The summed E-state index contributed by atoms with van der Waals surface area (Å²) in [5.74, 6) is -4.52. The number of amides is 5. The van der Waals surface area contributed by atoms with Crippen molar-refractivity contribution in [1.29, 1.82) is 0 Å². The monoisotopic (exact) mass is 1160 g/mol. The Morgan fingerprint density at radius 2 is 1.23 bits per heavy atom. The lowest BCUT2D eigenvalue weighted by molar-refractivity contribution is -0.136. The Balaban J connectivity index is 1.21. The third kappa shape index (κ3) is 12.2. The number of nitrogens with one attached hydrogen (secondary N) is 5. The van der Waals surface area contributed by atoms with E-state index in [1.54, 1.807) is 29.8 Å². The lowest BCUT2D eigenvalue weighted by Crippen LogP contribution is -2.52. The number of esters is 1. The molecule has 0 aromatic carbocycles. The Bertz CT molecular complexity index is 3440. The van der Waals surface area contributed by atoms with Crippen molar-refractivity contribution in [2.24, 2.45) is 5.92 Å². The van der Waals surface area contributed by atoms with Crippen LogP contribution >= 0.6 is 68.0 Å². The highest BCUT2D eigenvalue weighted by molar-refractivity contribution is 7.15. The van der Waals surface area contributed by atoms with E-state index >= 15 is 0 Å². The van der Waals surface area contributed by atoms with Gasteiger partial charge >= 0.3 is 5.97 Å². The highest BCUT2D eigenvalue weighted by Gasteiger charge is 2.42. The number of pyridine rings is 1. The number of ether oxygens (including phenoxy) is 2. The van der Waals surface area contributed by atoms with Gasteiger partial charge in [0.25, 0.3) is 23.6 Å². The van der Waals surface area contributed by atoms with Crippen LogP contribution in [0, 0.1) is 5.92 Å². The number of carbonyl (C=O) groups excluding carboxylic acids is 6. The average Bonchev–Trinajstić information content (AvgIpc) is 4.32. The molecule has 6 unspecified atom stereocenters. The van der Waals surface area contributed by atoms with E-state index in [4.69, 9.17) is 24.4 Å². The molecule has 0 saturated carbocycles. The summed E-state index contributed by atoms with van der Waals surface area (Å²) in [5, 5.41) is 58.4. The molecule has 29 heteroatoms. The minimum atomic E-state index is -2.01. The summed E-state index contributed by atoms with van der Waals surface area (Å²) in [6, 6.07) is -0.157. The maximum absolute atomic E-state index is 14.2. The van der Waals surface area contributed by atoms with E-state index < -0.39 is 71.4 Å². The Labute approximate surface area is 462 Å². The van der Waals surface area contributed by atoms with E-state index in [0.29, 0.717) is 32.0 Å². The van der Waals surface area contributed by atoms with Gasteiger partial charge in [0, 0.05) is 37.8 Å². The van der Waals surface area contributed by atoms with Crippen LogP contribution < -0.4 is 26.6 Å². The van der Waals surface area contributed by atoms with Crippen LogP contribution in [0.3, 0.4) is 0 Å². The molecule has 0 saturated heterocycles. The van der Waals surface area contributed by atoms with Crippen LogP contribution in [-0.2, 0) is 19.1 Å². The molecule has 23 nitrogen and oxygen atoms in total. The second-order valence-corrected chi connectivity index (χ2v) is 22.7. The quantitative estimate of drug-likeness (QED) is 0.0471. The summed E-state index contributed by atoms with van der Waals surface area (Å²) >= 11 is 6.67. The molecule has 6 atom stereocenters. The van der Waals surface area contributed by atoms with E-state index in [-0.39, 0.29) is 66.5 Å². The van der Waals surface area contributed by atoms with Crippen LogP contribution in [0.4, 0.5) is 0 Å². The van der Waals surface area contributed by atoms with Gasteiger partial charge in [-0.3, -0.25) is 24.0 Å². The van der Waals surface area contributed by atoms with Crippen molar-refractivity contribution in [3.8, 4) is 43.4 Å². The predicted molar refractivity (Wildman–Crippen MR) is 290 cm³/mol. The first kappa shape index (κ1) is 56.1. The van der Waals surface area contributed by atoms with Gasteiger partial charge in [-0.1, -0.05) is 19.9 Å². The molecule has 402 valence electrons. The molecule has 0 aliphatic carbocycles. The summed E-state index contributed by atoms with van der Waals surface area (Å²) in [5.41, 5.74) is -0.471. The van der Waals surface area contributed by atoms with Gasteiger partial charge < -0.3 is 51.4 Å². The highest BCUT2D eigenvalue weighted by Crippen LogP contribution is 2.40. The summed E-state index contributed by atoms with van der Waals surface area (Å²) < 4.78 is 9.96. The van der Waals surface area contributed by atoms with Crippen molar-refractivity contribution < 1.29 is 53.6 Å². The lowest BCUT2D eigenvalue weighted by Gasteiger charge is -2.34. The molecule has 5 amide bonds. The normalized spacial score (nSPS) is 18.8. The first-order chi connectivity index (χ1) is 36.7. The molecule has 8 rings (SSSR count). The van der Waals surface area contributed by atoms with Gasteiger partial charge in [0.2, 0.25) is 5.91 Å². The molecule has 77 heavy (non-hydrogen) atoms. The molecule has 7 aromatic rings. The van der Waals surface area contributed by atoms with Crippen LogP contribution in [0.1, 0.15) is 111 Å². The van der Waals surface area contributed by atoms with Crippen LogP contribution in [0.25, 0.3) is 49.1 Å². The van der Waals surface area contributed by atoms with Gasteiger partial charge in [0.15, 0.2) is 0 Å². The van der Waals surface area contributed by atoms with Gasteiger partial charge in [-0.25, -0.2) is 39.7 Å². The second kappa shape index (κ2) is 23.7. The molecule has 1 aliphatic heterocycles. The van der Waals surface area contributed by atoms with E-state index in [1.807, 2.05) is 13.8 Å². The number of fused-ring (bicyclic) bond motifs is 11. The third-order valence-electron chi connectivity index (χ3n) is 11.7. The fourth-order valence-corrected chi connectivity index (χ4v) is 12.4. The fourth-order valence-electron chi connectivity index (χ4n) is 7.25. The van der Waals surface area contributed by atoms with E-state index in [2.05, 4.69) is 46.5 Å². The fraction of sp³-hybridized carbons (Fsp3) is 0.312. The van der Waals surface area contributed by atoms with E-state index in [9.17, 15) is 44.1 Å². The first-order valence-electron chi connectivity index (χ1n) is 23.1. The molecule has 0 radical (unpaired) electrons. The number of aromatic nitrogens is 7. The number of hydrogen-bond donors (Lipinski definition) is 8. The van der Waals surface area contributed by atoms with Crippen molar-refractivity contribution in [3.05, 3.63) is 100 Å². The zero-order valence-electron chi connectivity index (χ0n) is 41.9. The smallest absolute Gasteiger partial charge is 0.354 e. The first-order valence-corrected chi connectivity index (χ1v) is 28.4. The number of rotatable bonds is 10. The largest absolute Gasteiger partial charge is 0.502 e. The Morgan fingerprint density at radius 3 is 1.90 bits per heavy atom. The number of aliphatic hydroxyl groups excluding tert-OH is 2. The lowest BCUT2D eigenvalue weighted by atomic mass is 9.91. The maximum atomic E-state index is 14.2. The van der Waals surface area contributed by atoms with Crippen molar-refractivity contribution in [2.75, 3.05) is 14.2 Å². The molecule has 8 heterocycles. The van der Waals surface area contributed by atoms with Gasteiger partial charge in [-0.2, -0.15) is 0 Å². The van der Waals surface area contributed by atoms with E-state index in [1.165, 1.54) is 80.2 Å². The summed E-state index contributed by atoms with van der Waals surface area (Å²) in [6.07, 6.45) is -0.217. The number of methoxy groups -OCH3 is 2. The Hall–Kier alpha value is -7.09. The third-order valence-corrected chi connectivity index (χ3v) is 17.0. The molecule has 0 spiro atoms. The molecule has 8 N–H and O–H groups in total. The van der Waals surface area contributed by atoms with Crippen LogP contribution in [0.5, 0.6) is 0 Å². The minimum absolute atomic E-state index is 0.00676. The van der Waals surface area contributed by atoms with Gasteiger partial charge in [-0.15, -0.1) is 68.0 Å². The van der Waals surface area contributed by atoms with Crippen molar-refractivity contribution >= 4 is 109 Å². The van der Waals surface area contributed by atoms with Crippen molar-refractivity contribution in [3.63, 3.8) is 0 Å². The predicted octanol–water partition coefficient (Wildman–Crippen LogP) is 5.58. The zero-order valence-corrected chi connectivity index (χ0v) is 46.8. The van der Waals surface area contributed by atoms with E-state index in [0.717, 1.165) is 56.7 Å². The SMILES string of the molecule is C/C=C(\NC(=O)c1csc(-c2csc(-c3ccc4c(n3)-c3csc(n3)C(C(C)(O)C(C)O)NC(=O)c3csc(n3)C(C(C)C)NC(=O)c3csc(n3)/C(=C/OC)NC(=O)C(C(C)O)NC(=O)c3csc-4n3)n2)n1)C(=O)OC. The number of aliphatic hydroxyl groups is 3. The molecule has 7 aromatic heterocycles. The Morgan fingerprint density at radius 1 is 0.675 bits per heavy atom. The summed E-state index contributed by atoms with van der Waals surface area (Å²) in [6.45, 7) is 9.34. The van der Waals surface area contributed by atoms with Gasteiger partial charge in [0.05, 0.1) is 38.2 Å². The second-order valence-electron chi connectivity index (χ2n) is 17.5. The van der Waals surface area contributed by atoms with Crippen LogP contribution in [0.2, 0.25) is 0 Å². The molecular formula is C48H48N12O11S6. The van der Waals surface area contributed by atoms with Gasteiger partial charge in [-0.05, 0) is 45.7 Å². The average molecular weight is 1160 g/mol. The topological polar surface area (TPSA) is 332 Å². The van der Waals surface area contributed by atoms with Crippen molar-refractivity contribution in [2.45, 2.75) is 77.5 Å². The molecule has 0 fully saturated rings. The molecule has 8 bridgehead atoms. The highest BCUT2D eigenvalue weighted by atomic mass is 32.1. The number of hydrogen-bond acceptors (Lipinski definition) is 24. The molecular weight excluding hydrogens is 1110 g/mol. The Kier molecular flexibility index (Phi) is 17.2. The number of nitrogens with zero attached hydrogens (tertiary/aromatic N) is 7. The van der Waals surface area contributed by atoms with Gasteiger partial charge in [0.1, 0.15) is 105 Å². The number of carbonyl (C=O) groups is 6. The zero-order chi connectivity index (χ0) is 55.5. The summed E-state index contributed by atoms with van der Waals surface area (Å²) in [4.78, 5) is 114. The minimum Gasteiger partial charge on any atom is -0.502 e. The number of allylic oxidation sites excluding steroid dienone is 1. The standard InChI is InChI=1S/C48H48N12O11S6/c1-9-23(47(68)71-8)50-36(63)27-15-74-44(55-27)31-18-75-42(57-31)24-11-10-22-34(49-24)26-13-77-46(52-26)35(48(6,69)21(5)62)60-39(66)30-17-76-45(56-30)32(19(2)3)58-37(64)29-16-73-43(54-29)25(12-70-7)51-40(67)33(20(4)61)59-38(65)28-14-72-41(22)53-28/h9-21,32-33,35,61-62,69H,1-8H3,(H,50,63)(H,51,67)(H,58,64)(H,59,65)(H,60,66)/b23-9-,25-12-. The van der Waals surface area contributed by atoms with Crippen LogP contribution in [0.15, 0.2) is 62.4 Å². The van der Waals surface area contributed by atoms with Crippen LogP contribution in [-0.4, -0.2) is 124 Å². The molecule has 1 aliphatic rings. The summed E-state index contributed by atoms with van der Waals surface area (Å²) in [7, 11) is 2.54. The van der Waals surface area contributed by atoms with Crippen molar-refractivity contribution in [1.82, 2.24) is 61.5 Å². The maximum Gasteiger partial charge on any atom is 0.354 e.